The third-order valence-electron chi connectivity index (χ3n) is 2.28. The molecule has 1 aromatic carbocycles. The smallest absolute Gasteiger partial charge is 0.199 e. The van der Waals surface area contributed by atoms with E-state index in [0.717, 1.165) is 5.56 Å². The van der Waals surface area contributed by atoms with Crippen LogP contribution in [-0.4, -0.2) is 21.4 Å². The van der Waals surface area contributed by atoms with Crippen LogP contribution >= 0.6 is 15.9 Å². The van der Waals surface area contributed by atoms with Crippen molar-refractivity contribution in [2.75, 3.05) is 5.73 Å². The normalized spacial score (nSPS) is 11.6. The van der Waals surface area contributed by atoms with Crippen LogP contribution in [0.5, 0.6) is 0 Å². The molecule has 0 fully saturated rings. The van der Waals surface area contributed by atoms with Crippen LogP contribution in [-0.2, 0) is 6.54 Å². The number of nitrogens with zero attached hydrogens (tertiary/aromatic N) is 3. The van der Waals surface area contributed by atoms with Gasteiger partial charge in [-0.25, -0.2) is 9.02 Å². The van der Waals surface area contributed by atoms with E-state index in [1.807, 2.05) is 0 Å². The number of hydrogen-bond donors (Lipinski definition) is 3. The van der Waals surface area contributed by atoms with Gasteiger partial charge in [0.1, 0.15) is 5.82 Å². The van der Waals surface area contributed by atoms with Gasteiger partial charge in [-0.15, -0.1) is 0 Å². The van der Waals surface area contributed by atoms with Crippen LogP contribution in [0.25, 0.3) is 0 Å². The minimum Gasteiger partial charge on any atom is -0.409 e. The number of nitrogen functional groups attached to an aromatic ring is 1. The fourth-order valence-electron chi connectivity index (χ4n) is 1.36. The highest BCUT2D eigenvalue weighted by Gasteiger charge is 2.14. The number of halogens is 2. The molecule has 0 spiro atoms. The summed E-state index contributed by atoms with van der Waals surface area (Å²) in [6.45, 7) is 0.282. The summed E-state index contributed by atoms with van der Waals surface area (Å²) in [6.07, 6.45) is 0. The van der Waals surface area contributed by atoms with Crippen LogP contribution < -0.4 is 11.1 Å². The lowest BCUT2D eigenvalue weighted by Gasteiger charge is -2.06. The van der Waals surface area contributed by atoms with E-state index in [-0.39, 0.29) is 29.7 Å². The molecule has 7 nitrogen and oxygen atoms in total. The molecule has 0 bridgehead atoms. The fraction of sp³-hybridized carbons (Fsp3) is 0.100. The molecule has 0 aliphatic carbocycles. The molecule has 1 heterocycles. The molecule has 100 valence electrons. The second kappa shape index (κ2) is 5.65. The Balaban J connectivity index is 2.09. The molecule has 2 rings (SSSR count). The van der Waals surface area contributed by atoms with E-state index in [4.69, 9.17) is 10.9 Å². The second-order valence-electron chi connectivity index (χ2n) is 3.55. The van der Waals surface area contributed by atoms with Gasteiger partial charge in [-0.05, 0) is 43.9 Å². The maximum atomic E-state index is 13.1. The topological polar surface area (TPSA) is 110 Å². The monoisotopic (exact) mass is 329 g/mol. The van der Waals surface area contributed by atoms with Crippen LogP contribution in [0.2, 0.25) is 0 Å². The molecule has 9 heteroatoms. The number of benzene rings is 1. The van der Waals surface area contributed by atoms with Crippen molar-refractivity contribution in [2.45, 2.75) is 6.54 Å². The van der Waals surface area contributed by atoms with Gasteiger partial charge in [-0.1, -0.05) is 11.2 Å². The molecular weight excluding hydrogens is 321 g/mol. The maximum absolute atomic E-state index is 13.1. The minimum absolute atomic E-state index is 0.000543. The zero-order chi connectivity index (χ0) is 13.8. The molecule has 0 saturated carbocycles. The van der Waals surface area contributed by atoms with Crippen molar-refractivity contribution in [3.63, 3.8) is 0 Å². The third kappa shape index (κ3) is 2.99. The summed E-state index contributed by atoms with van der Waals surface area (Å²) in [6, 6.07) is 4.51. The van der Waals surface area contributed by atoms with Crippen molar-refractivity contribution >= 4 is 27.6 Å². The van der Waals surface area contributed by atoms with Crippen LogP contribution in [0.3, 0.4) is 0 Å². The lowest BCUT2D eigenvalue weighted by molar-refractivity contribution is 0.304. The Bertz CT molecular complexity index is 616. The SMILES string of the molecule is Nc1nonc1/C(=N/O)NCc1ccc(F)c(Br)c1. The van der Waals surface area contributed by atoms with Crippen molar-refractivity contribution in [1.82, 2.24) is 15.6 Å². The Hall–Kier alpha value is -2.16. The van der Waals surface area contributed by atoms with Gasteiger partial charge in [0, 0.05) is 6.54 Å². The predicted molar refractivity (Wildman–Crippen MR) is 68.0 cm³/mol. The lowest BCUT2D eigenvalue weighted by atomic mass is 10.2. The number of rotatable bonds is 3. The number of aromatic nitrogens is 2. The molecule has 0 radical (unpaired) electrons. The van der Waals surface area contributed by atoms with Crippen LogP contribution in [0.4, 0.5) is 10.2 Å². The summed E-state index contributed by atoms with van der Waals surface area (Å²) in [5, 5.41) is 21.6. The van der Waals surface area contributed by atoms with E-state index < -0.39 is 0 Å². The first-order valence-corrected chi connectivity index (χ1v) is 5.89. The summed E-state index contributed by atoms with van der Waals surface area (Å²) >= 11 is 3.08. The molecule has 0 aliphatic heterocycles. The molecular formula is C10H9BrFN5O2. The molecule has 1 aromatic heterocycles. The van der Waals surface area contributed by atoms with Gasteiger partial charge < -0.3 is 16.3 Å². The summed E-state index contributed by atoms with van der Waals surface area (Å²) in [5.41, 5.74) is 6.34. The lowest BCUT2D eigenvalue weighted by Crippen LogP contribution is -2.25. The van der Waals surface area contributed by atoms with Crippen molar-refractivity contribution in [1.29, 1.82) is 0 Å². The van der Waals surface area contributed by atoms with Crippen LogP contribution in [0, 0.1) is 5.82 Å². The first-order chi connectivity index (χ1) is 9.11. The summed E-state index contributed by atoms with van der Waals surface area (Å²) < 4.78 is 17.8. The largest absolute Gasteiger partial charge is 0.409 e. The Kier molecular flexibility index (Phi) is 3.95. The molecule has 0 unspecified atom stereocenters. The second-order valence-corrected chi connectivity index (χ2v) is 4.40. The molecule has 0 atom stereocenters. The highest BCUT2D eigenvalue weighted by molar-refractivity contribution is 9.10. The van der Waals surface area contributed by atoms with Crippen LogP contribution in [0.1, 0.15) is 11.3 Å². The van der Waals surface area contributed by atoms with Crippen molar-refractivity contribution in [3.05, 3.63) is 39.7 Å². The predicted octanol–water partition coefficient (Wildman–Crippen LogP) is 1.48. The molecule has 0 aliphatic rings. The van der Waals surface area contributed by atoms with E-state index in [0.29, 0.717) is 4.47 Å². The number of amidine groups is 1. The zero-order valence-electron chi connectivity index (χ0n) is 9.47. The molecule has 0 saturated heterocycles. The number of nitrogens with one attached hydrogen (secondary N) is 1. The average molecular weight is 330 g/mol. The van der Waals surface area contributed by atoms with Crippen molar-refractivity contribution < 1.29 is 14.2 Å². The first-order valence-electron chi connectivity index (χ1n) is 5.10. The average Bonchev–Trinajstić information content (AvgIpc) is 2.81. The fourth-order valence-corrected chi connectivity index (χ4v) is 1.79. The van der Waals surface area contributed by atoms with Gasteiger partial charge in [0.25, 0.3) is 0 Å². The Labute approximate surface area is 115 Å². The van der Waals surface area contributed by atoms with Gasteiger partial charge >= 0.3 is 0 Å². The van der Waals surface area contributed by atoms with Gasteiger partial charge in [-0.2, -0.15) is 0 Å². The zero-order valence-corrected chi connectivity index (χ0v) is 11.1. The molecule has 19 heavy (non-hydrogen) atoms. The van der Waals surface area contributed by atoms with Gasteiger partial charge in [0.05, 0.1) is 4.47 Å². The first kappa shape index (κ1) is 13.3. The van der Waals surface area contributed by atoms with Crippen LogP contribution in [0.15, 0.2) is 32.5 Å². The van der Waals surface area contributed by atoms with Crippen molar-refractivity contribution in [2.24, 2.45) is 5.16 Å². The molecule has 2 aromatic rings. The Morgan fingerprint density at radius 1 is 1.53 bits per heavy atom. The van der Waals surface area contributed by atoms with Crippen molar-refractivity contribution in [3.8, 4) is 0 Å². The highest BCUT2D eigenvalue weighted by atomic mass is 79.9. The third-order valence-corrected chi connectivity index (χ3v) is 2.89. The maximum Gasteiger partial charge on any atom is 0.199 e. The Morgan fingerprint density at radius 3 is 2.89 bits per heavy atom. The molecule has 0 amide bonds. The highest BCUT2D eigenvalue weighted by Crippen LogP contribution is 2.16. The van der Waals surface area contributed by atoms with E-state index >= 15 is 0 Å². The van der Waals surface area contributed by atoms with Gasteiger partial charge in [-0.3, -0.25) is 0 Å². The number of oxime groups is 1. The Morgan fingerprint density at radius 2 is 2.32 bits per heavy atom. The molecule has 4 N–H and O–H groups in total. The van der Waals surface area contributed by atoms with E-state index in [2.05, 4.69) is 41.3 Å². The quantitative estimate of drug-likeness (QED) is 0.340. The van der Waals surface area contributed by atoms with E-state index in [1.165, 1.54) is 6.07 Å². The van der Waals surface area contributed by atoms with Gasteiger partial charge in [0.2, 0.25) is 0 Å². The summed E-state index contributed by atoms with van der Waals surface area (Å²) in [7, 11) is 0. The van der Waals surface area contributed by atoms with E-state index in [9.17, 15) is 4.39 Å². The number of hydrogen-bond acceptors (Lipinski definition) is 6. The van der Waals surface area contributed by atoms with E-state index in [1.54, 1.807) is 12.1 Å². The summed E-state index contributed by atoms with van der Waals surface area (Å²) in [4.78, 5) is 0. The van der Waals surface area contributed by atoms with Gasteiger partial charge in [0.15, 0.2) is 17.3 Å². The number of nitrogens with two attached hydrogens (primary N) is 1. The number of anilines is 1. The minimum atomic E-state index is -0.357. The standard InChI is InChI=1S/C10H9BrFN5O2/c11-6-3-5(1-2-7(6)12)4-14-10(15-18)8-9(13)17-19-16-8/h1-3,18H,4H2,(H2,13,17)(H,14,15). The summed E-state index contributed by atoms with van der Waals surface area (Å²) in [5.74, 6) is -0.343.